The average molecular weight is 230 g/mol. The smallest absolute Gasteiger partial charge is 0.0355 e. The van der Waals surface area contributed by atoms with Gasteiger partial charge < -0.3 is 0 Å². The van der Waals surface area contributed by atoms with E-state index in [1.165, 1.54) is 25.7 Å². The molecule has 0 amide bonds. The number of hydrogen-bond acceptors (Lipinski definition) is 2. The summed E-state index contributed by atoms with van der Waals surface area (Å²) in [5.74, 6) is 0.806. The summed E-state index contributed by atoms with van der Waals surface area (Å²) in [6.45, 7) is 0. The van der Waals surface area contributed by atoms with Crippen molar-refractivity contribution < 1.29 is 0 Å². The second kappa shape index (κ2) is 3.54. The van der Waals surface area contributed by atoms with Gasteiger partial charge >= 0.3 is 0 Å². The molecule has 0 atom stereocenters. The molecule has 1 aromatic heterocycles. The van der Waals surface area contributed by atoms with Gasteiger partial charge in [-0.05, 0) is 23.8 Å². The average Bonchev–Trinajstić information content (AvgIpc) is 2.66. The monoisotopic (exact) mass is 230 g/mol. The first-order valence-corrected chi connectivity index (χ1v) is 6.34. The van der Waals surface area contributed by atoms with Crippen LogP contribution >= 0.6 is 24.0 Å². The zero-order chi connectivity index (χ0) is 10.3. The van der Waals surface area contributed by atoms with E-state index in [0.717, 1.165) is 5.75 Å². The van der Waals surface area contributed by atoms with Crippen LogP contribution in [-0.2, 0) is 5.75 Å². The van der Waals surface area contributed by atoms with Crippen LogP contribution in [0.15, 0.2) is 42.5 Å². The molecule has 0 aliphatic rings. The molecule has 74 valence electrons. The van der Waals surface area contributed by atoms with Crippen LogP contribution in [0.3, 0.4) is 0 Å². The highest BCUT2D eigenvalue weighted by Gasteiger charge is 2.03. The molecule has 0 fully saturated rings. The maximum Gasteiger partial charge on any atom is 0.0355 e. The Balaban J connectivity index is 2.46. The number of fused-ring (bicyclic) bond motifs is 3. The van der Waals surface area contributed by atoms with Crippen molar-refractivity contribution in [2.75, 3.05) is 0 Å². The topological polar surface area (TPSA) is 0 Å². The van der Waals surface area contributed by atoms with Crippen LogP contribution in [0, 0.1) is 0 Å². The van der Waals surface area contributed by atoms with E-state index in [2.05, 4.69) is 55.1 Å². The van der Waals surface area contributed by atoms with Gasteiger partial charge in [-0.15, -0.1) is 11.3 Å². The van der Waals surface area contributed by atoms with E-state index >= 15 is 0 Å². The van der Waals surface area contributed by atoms with Crippen LogP contribution in [0.4, 0.5) is 0 Å². The highest BCUT2D eigenvalue weighted by Crippen LogP contribution is 2.34. The molecule has 0 unspecified atom stereocenters. The molecule has 0 saturated heterocycles. The minimum Gasteiger partial charge on any atom is -0.175 e. The molecule has 0 radical (unpaired) electrons. The Morgan fingerprint density at radius 3 is 2.60 bits per heavy atom. The van der Waals surface area contributed by atoms with Gasteiger partial charge in [0.05, 0.1) is 0 Å². The molecule has 0 bridgehead atoms. The first-order chi connectivity index (χ1) is 7.38. The van der Waals surface area contributed by atoms with Gasteiger partial charge in [0, 0.05) is 25.9 Å². The lowest BCUT2D eigenvalue weighted by Gasteiger charge is -1.96. The summed E-state index contributed by atoms with van der Waals surface area (Å²) in [5, 5.41) is 2.73. The Kier molecular flexibility index (Phi) is 2.19. The summed E-state index contributed by atoms with van der Waals surface area (Å²) in [6, 6.07) is 15.2. The molecule has 15 heavy (non-hydrogen) atoms. The number of rotatable bonds is 1. The summed E-state index contributed by atoms with van der Waals surface area (Å²) < 4.78 is 2.73. The molecule has 3 rings (SSSR count). The van der Waals surface area contributed by atoms with E-state index in [9.17, 15) is 0 Å². The van der Waals surface area contributed by atoms with Crippen LogP contribution in [0.5, 0.6) is 0 Å². The van der Waals surface area contributed by atoms with Crippen molar-refractivity contribution in [3.63, 3.8) is 0 Å². The second-order valence-corrected chi connectivity index (χ2v) is 4.99. The molecule has 0 aliphatic carbocycles. The van der Waals surface area contributed by atoms with E-state index in [-0.39, 0.29) is 0 Å². The fourth-order valence-corrected chi connectivity index (χ4v) is 3.15. The summed E-state index contributed by atoms with van der Waals surface area (Å²) >= 11 is 6.17. The van der Waals surface area contributed by atoms with Crippen LogP contribution in [0.2, 0.25) is 0 Å². The lowest BCUT2D eigenvalue weighted by atomic mass is 10.1. The second-order valence-electron chi connectivity index (χ2n) is 3.59. The van der Waals surface area contributed by atoms with E-state index in [0.29, 0.717) is 0 Å². The molecule has 2 heteroatoms. The predicted molar refractivity (Wildman–Crippen MR) is 72.0 cm³/mol. The molecule has 0 spiro atoms. The van der Waals surface area contributed by atoms with Gasteiger partial charge in [-0.3, -0.25) is 0 Å². The van der Waals surface area contributed by atoms with Crippen molar-refractivity contribution >= 4 is 44.1 Å². The molecule has 2 aromatic carbocycles. The van der Waals surface area contributed by atoms with E-state index in [1.54, 1.807) is 0 Å². The Morgan fingerprint density at radius 2 is 1.73 bits per heavy atom. The highest BCUT2D eigenvalue weighted by atomic mass is 32.1. The maximum atomic E-state index is 4.31. The summed E-state index contributed by atoms with van der Waals surface area (Å²) in [5.41, 5.74) is 1.29. The van der Waals surface area contributed by atoms with Crippen molar-refractivity contribution in [1.82, 2.24) is 0 Å². The third-order valence-corrected chi connectivity index (χ3v) is 4.14. The number of hydrogen-bond donors (Lipinski definition) is 1. The van der Waals surface area contributed by atoms with E-state index < -0.39 is 0 Å². The quantitative estimate of drug-likeness (QED) is 0.585. The summed E-state index contributed by atoms with van der Waals surface area (Å²) in [6.07, 6.45) is 0. The van der Waals surface area contributed by atoms with E-state index in [4.69, 9.17) is 0 Å². The third kappa shape index (κ3) is 1.45. The standard InChI is InChI=1S/C13H10S2/c14-8-9-5-6-13-11(7-9)10-3-1-2-4-12(10)15-13/h1-7,14H,8H2. The van der Waals surface area contributed by atoms with Crippen LogP contribution < -0.4 is 0 Å². The molecule has 0 N–H and O–H groups in total. The number of thiophene rings is 1. The van der Waals surface area contributed by atoms with Crippen molar-refractivity contribution in [3.05, 3.63) is 48.0 Å². The zero-order valence-corrected chi connectivity index (χ0v) is 9.81. The lowest BCUT2D eigenvalue weighted by molar-refractivity contribution is 1.46. The fourth-order valence-electron chi connectivity index (χ4n) is 1.87. The molecule has 0 aliphatic heterocycles. The van der Waals surface area contributed by atoms with Gasteiger partial charge in [-0.25, -0.2) is 0 Å². The van der Waals surface area contributed by atoms with Gasteiger partial charge in [0.15, 0.2) is 0 Å². The Bertz CT molecular complexity index is 623. The fraction of sp³-hybridized carbons (Fsp3) is 0.0769. The number of benzene rings is 2. The van der Waals surface area contributed by atoms with Crippen molar-refractivity contribution in [2.45, 2.75) is 5.75 Å². The normalized spacial score (nSPS) is 11.3. The predicted octanol–water partition coefficient (Wildman–Crippen LogP) is 4.48. The Hall–Kier alpha value is -0.990. The van der Waals surface area contributed by atoms with Gasteiger partial charge in [0.2, 0.25) is 0 Å². The molecule has 3 aromatic rings. The van der Waals surface area contributed by atoms with E-state index in [1.807, 2.05) is 11.3 Å². The number of thiol groups is 1. The molecular weight excluding hydrogens is 220 g/mol. The van der Waals surface area contributed by atoms with Gasteiger partial charge in [0.1, 0.15) is 0 Å². The minimum atomic E-state index is 0.806. The first-order valence-electron chi connectivity index (χ1n) is 4.89. The van der Waals surface area contributed by atoms with Gasteiger partial charge in [0.25, 0.3) is 0 Å². The van der Waals surface area contributed by atoms with Crippen LogP contribution in [0.1, 0.15) is 5.56 Å². The lowest BCUT2D eigenvalue weighted by Crippen LogP contribution is -1.75. The van der Waals surface area contributed by atoms with Gasteiger partial charge in [-0.2, -0.15) is 12.6 Å². The maximum absolute atomic E-state index is 4.31. The van der Waals surface area contributed by atoms with Crippen molar-refractivity contribution in [2.24, 2.45) is 0 Å². The molecular formula is C13H10S2. The summed E-state index contributed by atoms with van der Waals surface area (Å²) in [7, 11) is 0. The first kappa shape index (κ1) is 9.25. The molecule has 0 saturated carbocycles. The van der Waals surface area contributed by atoms with Crippen LogP contribution in [-0.4, -0.2) is 0 Å². The zero-order valence-electron chi connectivity index (χ0n) is 8.10. The SMILES string of the molecule is SCc1ccc2sc3ccccc3c2c1. The largest absolute Gasteiger partial charge is 0.175 e. The Labute approximate surface area is 98.0 Å². The molecule has 0 nitrogen and oxygen atoms in total. The Morgan fingerprint density at radius 1 is 0.933 bits per heavy atom. The molecule has 1 heterocycles. The summed E-state index contributed by atoms with van der Waals surface area (Å²) in [4.78, 5) is 0. The highest BCUT2D eigenvalue weighted by molar-refractivity contribution is 7.79. The van der Waals surface area contributed by atoms with Crippen molar-refractivity contribution in [3.8, 4) is 0 Å². The third-order valence-electron chi connectivity index (χ3n) is 2.62. The van der Waals surface area contributed by atoms with Gasteiger partial charge in [-0.1, -0.05) is 24.3 Å². The van der Waals surface area contributed by atoms with Crippen LogP contribution in [0.25, 0.3) is 20.2 Å². The van der Waals surface area contributed by atoms with Crippen molar-refractivity contribution in [1.29, 1.82) is 0 Å². The minimum absolute atomic E-state index is 0.806.